The minimum atomic E-state index is -3.14. The normalized spacial score (nSPS) is 20.5. The Kier molecular flexibility index (Phi) is 6.60. The first-order valence-corrected chi connectivity index (χ1v) is 18.6. The Balaban J connectivity index is 0.00000256. The molecule has 1 nitrogen and oxygen atoms in total. The molecule has 0 radical (unpaired) electrons. The minimum Gasteiger partial charge on any atom is 0 e. The zero-order valence-corrected chi connectivity index (χ0v) is 24.7. The van der Waals surface area contributed by atoms with E-state index in [4.69, 9.17) is 2.79 Å². The van der Waals surface area contributed by atoms with Crippen molar-refractivity contribution in [3.05, 3.63) is 88.4 Å². The van der Waals surface area contributed by atoms with Crippen LogP contribution in [-0.4, -0.2) is 27.2 Å². The first-order valence-electron chi connectivity index (χ1n) is 10.6. The predicted molar refractivity (Wildman–Crippen MR) is 129 cm³/mol. The molecular formula is C26H32FeGe2O-6. The number of hydrogen-bond donors (Lipinski definition) is 0. The van der Waals surface area contributed by atoms with Crippen molar-refractivity contribution < 1.29 is 19.9 Å². The maximum absolute atomic E-state index is 7.91. The SMILES string of the molecule is CC1=[C](C)[Ge]([O][Ge]2([c-]3[cH-][cH-][cH-][cH-]3)[C](C)=C(C)C(C)=[C]2C)([c-]2cccc2)[C](C)=C1C.[Fe]. The summed E-state index contributed by atoms with van der Waals surface area (Å²) < 4.78 is 17.0. The zero-order chi connectivity index (χ0) is 21.1. The fraction of sp³-hybridized carbons (Fsp3) is 0.308. The second kappa shape index (κ2) is 8.29. The molecule has 0 saturated carbocycles. The molecule has 2 aliphatic heterocycles. The average Bonchev–Trinajstić information content (AvgIpc) is 3.49. The van der Waals surface area contributed by atoms with Crippen LogP contribution in [0.15, 0.2) is 88.4 Å². The van der Waals surface area contributed by atoms with Crippen molar-refractivity contribution in [1.29, 1.82) is 0 Å². The van der Waals surface area contributed by atoms with Crippen molar-refractivity contribution in [1.82, 2.24) is 0 Å². The maximum Gasteiger partial charge on any atom is 0 e. The van der Waals surface area contributed by atoms with Gasteiger partial charge in [0.05, 0.1) is 0 Å². The molecule has 0 aliphatic carbocycles. The van der Waals surface area contributed by atoms with E-state index < -0.39 is 27.2 Å². The molecule has 0 saturated heterocycles. The summed E-state index contributed by atoms with van der Waals surface area (Å²) in [5.74, 6) is 0. The van der Waals surface area contributed by atoms with Gasteiger partial charge in [-0.05, 0) is 0 Å². The van der Waals surface area contributed by atoms with Crippen LogP contribution in [0.4, 0.5) is 0 Å². The molecular weight excluding hydrogens is 529 g/mol. The van der Waals surface area contributed by atoms with Crippen molar-refractivity contribution in [3.63, 3.8) is 0 Å². The van der Waals surface area contributed by atoms with Gasteiger partial charge in [0.25, 0.3) is 0 Å². The second-order valence-electron chi connectivity index (χ2n) is 8.81. The monoisotopic (exact) mass is 564 g/mol. The van der Waals surface area contributed by atoms with Crippen LogP contribution in [0.25, 0.3) is 0 Å². The van der Waals surface area contributed by atoms with Crippen LogP contribution in [0.2, 0.25) is 0 Å². The van der Waals surface area contributed by atoms with Crippen LogP contribution in [0.5, 0.6) is 0 Å². The fourth-order valence-corrected chi connectivity index (χ4v) is 37.3. The smallest absolute Gasteiger partial charge is 0 e. The zero-order valence-electron chi connectivity index (χ0n) is 19.4. The molecule has 2 aromatic carbocycles. The molecule has 0 fully saturated rings. The number of hydrogen-bond acceptors (Lipinski definition) is 1. The molecule has 0 spiro atoms. The molecule has 0 aromatic heterocycles. The van der Waals surface area contributed by atoms with Gasteiger partial charge in [0, 0.05) is 17.1 Å². The molecule has 4 heteroatoms. The molecule has 2 heterocycles. The molecule has 0 atom stereocenters. The summed E-state index contributed by atoms with van der Waals surface area (Å²) in [5, 5.41) is 0. The van der Waals surface area contributed by atoms with Crippen LogP contribution in [0, 0.1) is 0 Å². The van der Waals surface area contributed by atoms with Gasteiger partial charge in [-0.25, -0.2) is 0 Å². The van der Waals surface area contributed by atoms with Crippen LogP contribution >= 0.6 is 0 Å². The molecule has 0 bridgehead atoms. The van der Waals surface area contributed by atoms with Gasteiger partial charge in [0.1, 0.15) is 0 Å². The van der Waals surface area contributed by atoms with Gasteiger partial charge in [0.2, 0.25) is 0 Å². The van der Waals surface area contributed by atoms with Gasteiger partial charge in [0.15, 0.2) is 0 Å². The molecule has 0 unspecified atom stereocenters. The average molecular weight is 562 g/mol. The molecule has 0 amide bonds. The second-order valence-corrected chi connectivity index (χ2v) is 25.9. The number of allylic oxidation sites excluding steroid dienone is 8. The third-order valence-electron chi connectivity index (χ3n) is 7.93. The summed E-state index contributed by atoms with van der Waals surface area (Å²) >= 11 is -6.29. The Labute approximate surface area is 198 Å². The van der Waals surface area contributed by atoms with Gasteiger partial charge >= 0.3 is 183 Å². The fourth-order valence-electron chi connectivity index (χ4n) is 5.48. The Morgan fingerprint density at radius 3 is 1.40 bits per heavy atom. The predicted octanol–water partition coefficient (Wildman–Crippen LogP) is 5.67. The third kappa shape index (κ3) is 2.98. The maximum atomic E-state index is 7.91. The molecule has 2 aliphatic rings. The van der Waals surface area contributed by atoms with Crippen molar-refractivity contribution >= 4 is 36.0 Å². The van der Waals surface area contributed by atoms with E-state index in [9.17, 15) is 0 Å². The van der Waals surface area contributed by atoms with Crippen LogP contribution in [0.1, 0.15) is 55.4 Å². The number of rotatable bonds is 4. The standard InChI is InChI=1S/C26H32Ge2O.Fe/c1-17-18(2)22(6)27(21(17)5,25-13-9-10-14-25)29-28(26-15-11-12-16-26)23(7)19(3)20(4)24(28)8;/h9-16H,1-8H3;/q-6;. The van der Waals surface area contributed by atoms with Gasteiger partial charge in [-0.3, -0.25) is 0 Å². The minimum absolute atomic E-state index is 0. The Morgan fingerprint density at radius 2 is 1.00 bits per heavy atom. The molecule has 164 valence electrons. The van der Waals surface area contributed by atoms with Gasteiger partial charge in [-0.15, -0.1) is 0 Å². The van der Waals surface area contributed by atoms with E-state index in [0.29, 0.717) is 0 Å². The molecule has 4 rings (SSSR count). The molecule has 0 N–H and O–H groups in total. The third-order valence-corrected chi connectivity index (χ3v) is 32.7. The summed E-state index contributed by atoms with van der Waals surface area (Å²) in [5.41, 5.74) is 5.83. The first kappa shape index (κ1) is 23.9. The van der Waals surface area contributed by atoms with E-state index in [1.807, 2.05) is 0 Å². The van der Waals surface area contributed by atoms with Crippen molar-refractivity contribution in [2.45, 2.75) is 55.4 Å². The first-order chi connectivity index (χ1) is 13.7. The van der Waals surface area contributed by atoms with Crippen LogP contribution in [-0.2, 0) is 19.9 Å². The van der Waals surface area contributed by atoms with E-state index in [-0.39, 0.29) is 17.1 Å². The van der Waals surface area contributed by atoms with E-state index in [1.165, 1.54) is 48.7 Å². The summed E-state index contributed by atoms with van der Waals surface area (Å²) in [6.07, 6.45) is 0. The largest absolute Gasteiger partial charge is 0 e. The summed E-state index contributed by atoms with van der Waals surface area (Å²) in [7, 11) is 0. The molecule has 2 aromatic rings. The molecule has 30 heavy (non-hydrogen) atoms. The summed E-state index contributed by atoms with van der Waals surface area (Å²) in [6, 6.07) is 18.1. The van der Waals surface area contributed by atoms with Crippen molar-refractivity contribution in [2.24, 2.45) is 0 Å². The van der Waals surface area contributed by atoms with Gasteiger partial charge < -0.3 is 0 Å². The van der Waals surface area contributed by atoms with Crippen molar-refractivity contribution in [3.8, 4) is 0 Å². The topological polar surface area (TPSA) is 9.23 Å². The van der Waals surface area contributed by atoms with E-state index in [1.54, 1.807) is 0 Å². The van der Waals surface area contributed by atoms with E-state index in [2.05, 4.69) is 104 Å². The van der Waals surface area contributed by atoms with Gasteiger partial charge in [-0.1, -0.05) is 0 Å². The quantitative estimate of drug-likeness (QED) is 0.345. The van der Waals surface area contributed by atoms with Gasteiger partial charge in [-0.2, -0.15) is 0 Å². The van der Waals surface area contributed by atoms with Crippen LogP contribution in [0.3, 0.4) is 0 Å². The Bertz CT molecular complexity index is 956. The van der Waals surface area contributed by atoms with Crippen molar-refractivity contribution in [2.75, 3.05) is 0 Å². The Morgan fingerprint density at radius 1 is 0.633 bits per heavy atom. The van der Waals surface area contributed by atoms with E-state index >= 15 is 0 Å². The van der Waals surface area contributed by atoms with Crippen LogP contribution < -0.4 is 8.79 Å². The Hall–Kier alpha value is -0.775. The van der Waals surface area contributed by atoms with E-state index in [0.717, 1.165) is 0 Å². The summed E-state index contributed by atoms with van der Waals surface area (Å²) in [4.78, 5) is 0. The summed E-state index contributed by atoms with van der Waals surface area (Å²) in [6.45, 7) is 18.6.